The number of hydrogen-bond donors (Lipinski definition) is 2. The first-order valence-electron chi connectivity index (χ1n) is 5.81. The largest absolute Gasteiger partial charge is 0.507 e. The third-order valence-corrected chi connectivity index (χ3v) is 3.08. The van der Waals surface area contributed by atoms with Crippen LogP contribution in [0, 0.1) is 0 Å². The lowest BCUT2D eigenvalue weighted by molar-refractivity contribution is 0.0887. The van der Waals surface area contributed by atoms with Crippen molar-refractivity contribution in [2.75, 3.05) is 20.3 Å². The highest BCUT2D eigenvalue weighted by Crippen LogP contribution is 2.24. The van der Waals surface area contributed by atoms with Gasteiger partial charge in [0.15, 0.2) is 0 Å². The predicted octanol–water partition coefficient (Wildman–Crippen LogP) is 1.31. The first kappa shape index (κ1) is 12.7. The molecule has 1 aliphatic heterocycles. The Balaban J connectivity index is 2.17. The molecule has 1 amide bonds. The number of amides is 1. The van der Waals surface area contributed by atoms with Crippen LogP contribution in [0.1, 0.15) is 23.7 Å². The summed E-state index contributed by atoms with van der Waals surface area (Å²) in [6, 6.07) is 4.57. The van der Waals surface area contributed by atoms with E-state index >= 15 is 0 Å². The van der Waals surface area contributed by atoms with Crippen molar-refractivity contribution >= 4 is 5.91 Å². The fourth-order valence-corrected chi connectivity index (χ4v) is 1.93. The third kappa shape index (κ3) is 2.56. The Morgan fingerprint density at radius 2 is 2.33 bits per heavy atom. The molecule has 1 saturated heterocycles. The lowest BCUT2D eigenvalue weighted by Crippen LogP contribution is -2.46. The van der Waals surface area contributed by atoms with Crippen LogP contribution >= 0.6 is 0 Å². The Kier molecular flexibility index (Phi) is 3.43. The molecule has 1 atom stereocenters. The Morgan fingerprint density at radius 3 is 2.94 bits per heavy atom. The van der Waals surface area contributed by atoms with Crippen molar-refractivity contribution in [3.63, 3.8) is 0 Å². The summed E-state index contributed by atoms with van der Waals surface area (Å²) in [5, 5.41) is 12.6. The Morgan fingerprint density at radius 1 is 1.56 bits per heavy atom. The summed E-state index contributed by atoms with van der Waals surface area (Å²) >= 11 is 0. The highest BCUT2D eigenvalue weighted by atomic mass is 16.5. The summed E-state index contributed by atoms with van der Waals surface area (Å²) in [6.45, 7) is 3.06. The van der Waals surface area contributed by atoms with Gasteiger partial charge >= 0.3 is 0 Å². The van der Waals surface area contributed by atoms with Crippen LogP contribution in [0.25, 0.3) is 0 Å². The maximum absolute atomic E-state index is 12.1. The van der Waals surface area contributed by atoms with E-state index in [4.69, 9.17) is 9.47 Å². The molecule has 1 aromatic rings. The van der Waals surface area contributed by atoms with Crippen molar-refractivity contribution in [1.29, 1.82) is 0 Å². The number of aromatic hydroxyl groups is 1. The molecule has 1 heterocycles. The summed E-state index contributed by atoms with van der Waals surface area (Å²) in [6.07, 6.45) is 0.767. The van der Waals surface area contributed by atoms with Crippen molar-refractivity contribution < 1.29 is 19.4 Å². The Bertz CT molecular complexity index is 452. The molecule has 98 valence electrons. The van der Waals surface area contributed by atoms with Gasteiger partial charge in [-0.3, -0.25) is 4.79 Å². The van der Waals surface area contributed by atoms with Crippen molar-refractivity contribution in [3.8, 4) is 11.5 Å². The average Bonchev–Trinajstić information content (AvgIpc) is 2.76. The van der Waals surface area contributed by atoms with Gasteiger partial charge in [0.2, 0.25) is 0 Å². The van der Waals surface area contributed by atoms with Crippen molar-refractivity contribution in [3.05, 3.63) is 23.8 Å². The van der Waals surface area contributed by atoms with Crippen LogP contribution in [0.5, 0.6) is 11.5 Å². The van der Waals surface area contributed by atoms with E-state index in [1.807, 2.05) is 6.92 Å². The smallest absolute Gasteiger partial charge is 0.255 e. The zero-order valence-electron chi connectivity index (χ0n) is 10.5. The molecule has 0 bridgehead atoms. The van der Waals surface area contributed by atoms with Gasteiger partial charge in [0.1, 0.15) is 11.5 Å². The molecule has 5 heteroatoms. The minimum Gasteiger partial charge on any atom is -0.507 e. The van der Waals surface area contributed by atoms with Crippen LogP contribution in [0.2, 0.25) is 0 Å². The third-order valence-electron chi connectivity index (χ3n) is 3.08. The van der Waals surface area contributed by atoms with E-state index in [0.29, 0.717) is 19.0 Å². The molecular weight excluding hydrogens is 234 g/mol. The summed E-state index contributed by atoms with van der Waals surface area (Å²) < 4.78 is 10.3. The molecule has 0 saturated carbocycles. The SMILES string of the molecule is COc1ccc(O)c(C(=O)NC2(C)CCOC2)c1. The summed E-state index contributed by atoms with van der Waals surface area (Å²) in [5.74, 6) is 0.154. The molecule has 2 N–H and O–H groups in total. The minimum absolute atomic E-state index is 0.0594. The average molecular weight is 251 g/mol. The standard InChI is InChI=1S/C13H17NO4/c1-13(5-6-18-8-13)14-12(16)10-7-9(17-2)3-4-11(10)15/h3-4,7,15H,5-6,8H2,1-2H3,(H,14,16). The highest BCUT2D eigenvalue weighted by molar-refractivity contribution is 5.97. The lowest BCUT2D eigenvalue weighted by atomic mass is 10.0. The van der Waals surface area contributed by atoms with E-state index in [9.17, 15) is 9.90 Å². The van der Waals surface area contributed by atoms with Gasteiger partial charge in [0.25, 0.3) is 5.91 Å². The normalized spacial score (nSPS) is 22.8. The fraction of sp³-hybridized carbons (Fsp3) is 0.462. The topological polar surface area (TPSA) is 67.8 Å². The molecule has 0 aromatic heterocycles. The van der Waals surface area contributed by atoms with E-state index in [1.54, 1.807) is 6.07 Å². The molecular formula is C13H17NO4. The molecule has 1 unspecified atom stereocenters. The van der Waals surface area contributed by atoms with E-state index in [-0.39, 0.29) is 22.8 Å². The fourth-order valence-electron chi connectivity index (χ4n) is 1.93. The first-order chi connectivity index (χ1) is 8.54. The van der Waals surface area contributed by atoms with Crippen molar-refractivity contribution in [1.82, 2.24) is 5.32 Å². The summed E-state index contributed by atoms with van der Waals surface area (Å²) in [5.41, 5.74) is -0.158. The number of carbonyl (C=O) groups is 1. The summed E-state index contributed by atoms with van der Waals surface area (Å²) in [4.78, 5) is 12.1. The number of rotatable bonds is 3. The molecule has 1 aliphatic rings. The number of benzene rings is 1. The molecule has 0 spiro atoms. The number of phenols is 1. The van der Waals surface area contributed by atoms with Crippen molar-refractivity contribution in [2.45, 2.75) is 18.9 Å². The lowest BCUT2D eigenvalue weighted by Gasteiger charge is -2.23. The number of phenolic OH excluding ortho intramolecular Hbond substituents is 1. The van der Waals surface area contributed by atoms with Crippen LogP contribution in [-0.2, 0) is 4.74 Å². The van der Waals surface area contributed by atoms with Gasteiger partial charge in [-0.25, -0.2) is 0 Å². The predicted molar refractivity (Wildman–Crippen MR) is 66.0 cm³/mol. The van der Waals surface area contributed by atoms with Crippen LogP contribution in [0.3, 0.4) is 0 Å². The molecule has 1 fully saturated rings. The van der Waals surface area contributed by atoms with Crippen LogP contribution in [0.4, 0.5) is 0 Å². The van der Waals surface area contributed by atoms with Gasteiger partial charge in [-0.05, 0) is 31.5 Å². The second-order valence-electron chi connectivity index (χ2n) is 4.70. The van der Waals surface area contributed by atoms with Crippen LogP contribution < -0.4 is 10.1 Å². The second-order valence-corrected chi connectivity index (χ2v) is 4.70. The quantitative estimate of drug-likeness (QED) is 0.850. The molecule has 2 rings (SSSR count). The molecule has 18 heavy (non-hydrogen) atoms. The van der Waals surface area contributed by atoms with E-state index in [0.717, 1.165) is 6.42 Å². The van der Waals surface area contributed by atoms with E-state index < -0.39 is 0 Å². The van der Waals surface area contributed by atoms with Gasteiger partial charge in [-0.15, -0.1) is 0 Å². The molecule has 5 nitrogen and oxygen atoms in total. The number of nitrogens with one attached hydrogen (secondary N) is 1. The summed E-state index contributed by atoms with van der Waals surface area (Å²) in [7, 11) is 1.51. The van der Waals surface area contributed by atoms with Crippen molar-refractivity contribution in [2.24, 2.45) is 0 Å². The van der Waals surface area contributed by atoms with Gasteiger partial charge < -0.3 is 19.9 Å². The number of methoxy groups -OCH3 is 1. The van der Waals surface area contributed by atoms with Gasteiger partial charge in [0, 0.05) is 6.61 Å². The minimum atomic E-state index is -0.368. The monoisotopic (exact) mass is 251 g/mol. The van der Waals surface area contributed by atoms with Gasteiger partial charge in [-0.1, -0.05) is 0 Å². The van der Waals surface area contributed by atoms with E-state index in [2.05, 4.69) is 5.32 Å². The van der Waals surface area contributed by atoms with Gasteiger partial charge in [-0.2, -0.15) is 0 Å². The van der Waals surface area contributed by atoms with Gasteiger partial charge in [0.05, 0.1) is 24.8 Å². The second kappa shape index (κ2) is 4.86. The Hall–Kier alpha value is -1.75. The zero-order chi connectivity index (χ0) is 13.2. The molecule has 0 radical (unpaired) electrons. The number of carbonyl (C=O) groups excluding carboxylic acids is 1. The number of ether oxygens (including phenoxy) is 2. The molecule has 1 aromatic carbocycles. The molecule has 0 aliphatic carbocycles. The zero-order valence-corrected chi connectivity index (χ0v) is 10.5. The van der Waals surface area contributed by atoms with E-state index in [1.165, 1.54) is 19.2 Å². The van der Waals surface area contributed by atoms with Crippen LogP contribution in [0.15, 0.2) is 18.2 Å². The Labute approximate surface area is 106 Å². The number of hydrogen-bond acceptors (Lipinski definition) is 4. The first-order valence-corrected chi connectivity index (χ1v) is 5.81. The maximum Gasteiger partial charge on any atom is 0.255 e. The maximum atomic E-state index is 12.1. The highest BCUT2D eigenvalue weighted by Gasteiger charge is 2.32. The van der Waals surface area contributed by atoms with Crippen LogP contribution in [-0.4, -0.2) is 36.9 Å².